The summed E-state index contributed by atoms with van der Waals surface area (Å²) in [6.07, 6.45) is 3.99. The number of piperidine rings is 1. The zero-order chi connectivity index (χ0) is 16.4. The molecule has 23 heavy (non-hydrogen) atoms. The molecule has 2 unspecified atom stereocenters. The van der Waals surface area contributed by atoms with Crippen LogP contribution >= 0.6 is 0 Å². The van der Waals surface area contributed by atoms with Crippen LogP contribution < -0.4 is 0 Å². The summed E-state index contributed by atoms with van der Waals surface area (Å²) in [6, 6.07) is 6.94. The van der Waals surface area contributed by atoms with E-state index in [1.165, 1.54) is 0 Å². The van der Waals surface area contributed by atoms with Crippen molar-refractivity contribution in [3.8, 4) is 5.82 Å². The first-order valence-corrected chi connectivity index (χ1v) is 7.53. The van der Waals surface area contributed by atoms with Gasteiger partial charge in [0.25, 0.3) is 5.91 Å². The summed E-state index contributed by atoms with van der Waals surface area (Å²) < 4.78 is 1.58. The summed E-state index contributed by atoms with van der Waals surface area (Å²) in [6.45, 7) is 2.74. The number of carboxylic acids is 1. The van der Waals surface area contributed by atoms with E-state index in [0.717, 1.165) is 0 Å². The van der Waals surface area contributed by atoms with Gasteiger partial charge in [-0.2, -0.15) is 5.10 Å². The number of aromatic nitrogens is 3. The van der Waals surface area contributed by atoms with E-state index in [-0.39, 0.29) is 18.4 Å². The molecular formula is C16H18N4O3. The maximum atomic E-state index is 12.7. The van der Waals surface area contributed by atoms with Crippen molar-refractivity contribution in [1.29, 1.82) is 0 Å². The van der Waals surface area contributed by atoms with E-state index in [2.05, 4.69) is 10.1 Å². The third kappa shape index (κ3) is 3.23. The lowest BCUT2D eigenvalue weighted by Gasteiger charge is -2.34. The highest BCUT2D eigenvalue weighted by Crippen LogP contribution is 2.23. The highest BCUT2D eigenvalue weighted by molar-refractivity contribution is 5.93. The molecule has 0 spiro atoms. The Morgan fingerprint density at radius 2 is 2.09 bits per heavy atom. The second kappa shape index (κ2) is 6.20. The van der Waals surface area contributed by atoms with Crippen LogP contribution in [0.5, 0.6) is 0 Å². The summed E-state index contributed by atoms with van der Waals surface area (Å²) in [5.41, 5.74) is 0.302. The van der Waals surface area contributed by atoms with Gasteiger partial charge in [0.2, 0.25) is 0 Å². The first-order valence-electron chi connectivity index (χ1n) is 7.53. The minimum absolute atomic E-state index is 0.156. The Morgan fingerprint density at radius 1 is 1.26 bits per heavy atom. The molecule has 2 aromatic heterocycles. The molecule has 7 heteroatoms. The number of rotatable bonds is 3. The van der Waals surface area contributed by atoms with Crippen LogP contribution in [0.15, 0.2) is 36.7 Å². The molecule has 1 saturated heterocycles. The van der Waals surface area contributed by atoms with E-state index in [9.17, 15) is 14.7 Å². The third-order valence-electron chi connectivity index (χ3n) is 3.99. The summed E-state index contributed by atoms with van der Waals surface area (Å²) in [7, 11) is 0. The number of hydrogen-bond acceptors (Lipinski definition) is 4. The number of nitrogens with zero attached hydrogens (tertiary/aromatic N) is 4. The highest BCUT2D eigenvalue weighted by atomic mass is 16.4. The van der Waals surface area contributed by atoms with E-state index in [1.807, 2.05) is 6.92 Å². The molecule has 120 valence electrons. The van der Waals surface area contributed by atoms with Gasteiger partial charge >= 0.3 is 5.97 Å². The van der Waals surface area contributed by atoms with Crippen molar-refractivity contribution in [1.82, 2.24) is 19.7 Å². The topological polar surface area (TPSA) is 88.3 Å². The number of hydrogen-bond donors (Lipinski definition) is 1. The monoisotopic (exact) mass is 314 g/mol. The summed E-state index contributed by atoms with van der Waals surface area (Å²) in [5.74, 6) is -0.898. The average molecular weight is 314 g/mol. The van der Waals surface area contributed by atoms with Crippen LogP contribution in [-0.2, 0) is 4.79 Å². The lowest BCUT2D eigenvalue weighted by atomic mass is 9.90. The van der Waals surface area contributed by atoms with Crippen LogP contribution in [0.1, 0.15) is 23.8 Å². The lowest BCUT2D eigenvalue weighted by molar-refractivity contribution is -0.143. The minimum Gasteiger partial charge on any atom is -0.481 e. The van der Waals surface area contributed by atoms with Crippen molar-refractivity contribution in [2.75, 3.05) is 13.1 Å². The molecule has 7 nitrogen and oxygen atoms in total. The Bertz CT molecular complexity index is 714. The molecule has 1 amide bonds. The molecule has 3 rings (SSSR count). The SMILES string of the molecule is CC1CC(C(=O)O)CN(C(=O)c2cccc(-n3cccn3)n2)C1. The van der Waals surface area contributed by atoms with Gasteiger partial charge in [-0.25, -0.2) is 9.67 Å². The molecule has 0 saturated carbocycles. The second-order valence-electron chi connectivity index (χ2n) is 5.92. The van der Waals surface area contributed by atoms with Gasteiger partial charge in [0.15, 0.2) is 5.82 Å². The minimum atomic E-state index is -0.854. The van der Waals surface area contributed by atoms with E-state index in [4.69, 9.17) is 0 Å². The van der Waals surface area contributed by atoms with Crippen molar-refractivity contribution < 1.29 is 14.7 Å². The fourth-order valence-corrected chi connectivity index (χ4v) is 2.93. The Morgan fingerprint density at radius 3 is 2.78 bits per heavy atom. The normalized spacial score (nSPS) is 21.2. The molecule has 3 heterocycles. The Balaban J connectivity index is 1.82. The van der Waals surface area contributed by atoms with Crippen LogP contribution in [0.4, 0.5) is 0 Å². The fourth-order valence-electron chi connectivity index (χ4n) is 2.93. The van der Waals surface area contributed by atoms with Gasteiger partial charge in [0.1, 0.15) is 5.69 Å². The quantitative estimate of drug-likeness (QED) is 0.926. The molecule has 0 aliphatic carbocycles. The first-order chi connectivity index (χ1) is 11.0. The van der Waals surface area contributed by atoms with Gasteiger partial charge in [-0.05, 0) is 30.5 Å². The molecule has 1 fully saturated rings. The van der Waals surface area contributed by atoms with Crippen LogP contribution in [0.3, 0.4) is 0 Å². The smallest absolute Gasteiger partial charge is 0.308 e. The van der Waals surface area contributed by atoms with Crippen LogP contribution in [0, 0.1) is 11.8 Å². The van der Waals surface area contributed by atoms with Gasteiger partial charge in [-0.15, -0.1) is 0 Å². The lowest BCUT2D eigenvalue weighted by Crippen LogP contribution is -2.45. The standard InChI is InChI=1S/C16H18N4O3/c1-11-8-12(16(22)23)10-19(9-11)15(21)13-4-2-5-14(18-13)20-7-3-6-17-20/h2-7,11-12H,8-10H2,1H3,(H,22,23). The Kier molecular flexibility index (Phi) is 4.10. The predicted octanol–water partition coefficient (Wildman–Crippen LogP) is 1.45. The van der Waals surface area contributed by atoms with Gasteiger partial charge in [-0.3, -0.25) is 9.59 Å². The fraction of sp³-hybridized carbons (Fsp3) is 0.375. The zero-order valence-electron chi connectivity index (χ0n) is 12.8. The van der Waals surface area contributed by atoms with E-state index < -0.39 is 11.9 Å². The molecule has 0 aromatic carbocycles. The average Bonchev–Trinajstić information content (AvgIpc) is 3.08. The molecule has 2 aromatic rings. The maximum Gasteiger partial charge on any atom is 0.308 e. The molecule has 0 bridgehead atoms. The van der Waals surface area contributed by atoms with Crippen LogP contribution in [0.2, 0.25) is 0 Å². The summed E-state index contributed by atoms with van der Waals surface area (Å²) in [4.78, 5) is 29.9. The van der Waals surface area contributed by atoms with E-state index >= 15 is 0 Å². The number of aliphatic carboxylic acids is 1. The Labute approximate surface area is 133 Å². The van der Waals surface area contributed by atoms with E-state index in [0.29, 0.717) is 24.5 Å². The second-order valence-corrected chi connectivity index (χ2v) is 5.92. The van der Waals surface area contributed by atoms with Crippen LogP contribution in [-0.4, -0.2) is 49.7 Å². The zero-order valence-corrected chi connectivity index (χ0v) is 12.8. The van der Waals surface area contributed by atoms with Crippen molar-refractivity contribution >= 4 is 11.9 Å². The molecule has 1 aliphatic heterocycles. The van der Waals surface area contributed by atoms with Crippen molar-refractivity contribution in [3.05, 3.63) is 42.4 Å². The number of pyridine rings is 1. The molecule has 1 N–H and O–H groups in total. The molecule has 0 radical (unpaired) electrons. The molecular weight excluding hydrogens is 296 g/mol. The van der Waals surface area contributed by atoms with Crippen molar-refractivity contribution in [2.24, 2.45) is 11.8 Å². The van der Waals surface area contributed by atoms with Gasteiger partial charge in [0, 0.05) is 25.5 Å². The maximum absolute atomic E-state index is 12.7. The number of carbonyl (C=O) groups is 2. The number of carboxylic acid groups (broad SMARTS) is 1. The number of amides is 1. The molecule has 1 aliphatic rings. The first kappa shape index (κ1) is 15.2. The van der Waals surface area contributed by atoms with Crippen LogP contribution in [0.25, 0.3) is 5.82 Å². The largest absolute Gasteiger partial charge is 0.481 e. The predicted molar refractivity (Wildman–Crippen MR) is 82.2 cm³/mol. The van der Waals surface area contributed by atoms with Gasteiger partial charge in [-0.1, -0.05) is 13.0 Å². The highest BCUT2D eigenvalue weighted by Gasteiger charge is 2.32. The Hall–Kier alpha value is -2.70. The van der Waals surface area contributed by atoms with Gasteiger partial charge < -0.3 is 10.0 Å². The number of carbonyl (C=O) groups excluding carboxylic acids is 1. The summed E-state index contributed by atoms with van der Waals surface area (Å²) in [5, 5.41) is 13.3. The van der Waals surface area contributed by atoms with E-state index in [1.54, 1.807) is 46.2 Å². The third-order valence-corrected chi connectivity index (χ3v) is 3.99. The molecule has 2 atom stereocenters. The summed E-state index contributed by atoms with van der Waals surface area (Å²) >= 11 is 0. The number of likely N-dealkylation sites (tertiary alicyclic amines) is 1. The van der Waals surface area contributed by atoms with Gasteiger partial charge in [0.05, 0.1) is 5.92 Å². The van der Waals surface area contributed by atoms with Crippen molar-refractivity contribution in [3.63, 3.8) is 0 Å². The van der Waals surface area contributed by atoms with Crippen molar-refractivity contribution in [2.45, 2.75) is 13.3 Å².